The zero-order valence-electron chi connectivity index (χ0n) is 28.3. The van der Waals surface area contributed by atoms with Crippen molar-refractivity contribution in [1.82, 2.24) is 10.2 Å². The van der Waals surface area contributed by atoms with Gasteiger partial charge in [0.15, 0.2) is 5.60 Å². The second-order valence-electron chi connectivity index (χ2n) is 13.9. The molecule has 3 fully saturated rings. The van der Waals surface area contributed by atoms with Gasteiger partial charge >= 0.3 is 0 Å². The molecule has 1 spiro atoms. The normalized spacial score (nSPS) is 23.8. The number of likely N-dealkylation sites (tertiary alicyclic amines) is 1. The van der Waals surface area contributed by atoms with Crippen LogP contribution in [-0.2, 0) is 26.5 Å². The molecule has 3 amide bonds. The summed E-state index contributed by atoms with van der Waals surface area (Å²) in [5.41, 5.74) is 1.26. The zero-order chi connectivity index (χ0) is 35.0. The molecule has 0 aliphatic carbocycles. The quantitative estimate of drug-likeness (QED) is 0.273. The standard InChI is InChI=1S/C39H44BrN5O5/c1-27(8-5-14-35(47)42-21-7-13-32(42)25-46)39(50)33-23-29(40)15-16-34(33)43(37(39)49)24-28-9-6-12-31(22-28)44-26-45(30-10-3-2-4-11-30)38(36(44)48)17-19-41-20-18-38/h2-6,8-12,15-16,22-23,27,32,41,46,50H,7,13-14,17-21,24-26H2,1H3/b8-5+/t27-,32+,39+/m1/s1. The van der Waals surface area contributed by atoms with Crippen LogP contribution in [0.5, 0.6) is 0 Å². The number of aliphatic hydroxyl groups excluding tert-OH is 1. The molecule has 7 rings (SSSR count). The van der Waals surface area contributed by atoms with Crippen LogP contribution >= 0.6 is 15.9 Å². The molecular formula is C39H44BrN5O5. The van der Waals surface area contributed by atoms with E-state index in [9.17, 15) is 24.6 Å². The van der Waals surface area contributed by atoms with E-state index in [0.29, 0.717) is 37.3 Å². The Morgan fingerprint density at radius 1 is 1.02 bits per heavy atom. The van der Waals surface area contributed by atoms with Crippen molar-refractivity contribution >= 4 is 50.7 Å². The number of carbonyl (C=O) groups excluding carboxylic acids is 3. The highest BCUT2D eigenvalue weighted by Crippen LogP contribution is 2.47. The number of hydrogen-bond donors (Lipinski definition) is 3. The van der Waals surface area contributed by atoms with Gasteiger partial charge in [0.05, 0.1) is 31.5 Å². The van der Waals surface area contributed by atoms with Gasteiger partial charge in [-0.25, -0.2) is 0 Å². The van der Waals surface area contributed by atoms with Crippen LogP contribution in [0.3, 0.4) is 0 Å². The molecule has 11 heteroatoms. The average molecular weight is 743 g/mol. The molecule has 50 heavy (non-hydrogen) atoms. The van der Waals surface area contributed by atoms with E-state index in [1.165, 1.54) is 0 Å². The van der Waals surface area contributed by atoms with E-state index in [1.807, 2.05) is 59.5 Å². The van der Waals surface area contributed by atoms with Gasteiger partial charge in [-0.2, -0.15) is 0 Å². The van der Waals surface area contributed by atoms with Gasteiger partial charge in [0.2, 0.25) is 5.91 Å². The van der Waals surface area contributed by atoms with Gasteiger partial charge in [-0.1, -0.05) is 65.3 Å². The smallest absolute Gasteiger partial charge is 0.264 e. The van der Waals surface area contributed by atoms with Gasteiger partial charge in [-0.3, -0.25) is 19.3 Å². The molecule has 10 nitrogen and oxygen atoms in total. The van der Waals surface area contributed by atoms with Crippen molar-refractivity contribution in [2.75, 3.05) is 47.6 Å². The molecule has 4 aliphatic rings. The second kappa shape index (κ2) is 13.9. The Bertz CT molecular complexity index is 1800. The summed E-state index contributed by atoms with van der Waals surface area (Å²) >= 11 is 3.52. The molecule has 4 heterocycles. The van der Waals surface area contributed by atoms with Crippen LogP contribution in [0.4, 0.5) is 17.1 Å². The van der Waals surface area contributed by atoms with Crippen LogP contribution in [0, 0.1) is 5.92 Å². The van der Waals surface area contributed by atoms with Crippen LogP contribution in [-0.4, -0.2) is 77.3 Å². The third-order valence-corrected chi connectivity index (χ3v) is 11.5. The Morgan fingerprint density at radius 3 is 2.54 bits per heavy atom. The van der Waals surface area contributed by atoms with E-state index < -0.39 is 23.0 Å². The fraction of sp³-hybridized carbons (Fsp3) is 0.410. The van der Waals surface area contributed by atoms with E-state index in [-0.39, 0.29) is 37.4 Å². The molecule has 262 valence electrons. The average Bonchev–Trinajstić information content (AvgIpc) is 3.79. The van der Waals surface area contributed by atoms with E-state index >= 15 is 0 Å². The van der Waals surface area contributed by atoms with Crippen LogP contribution in [0.25, 0.3) is 0 Å². The zero-order valence-corrected chi connectivity index (χ0v) is 29.9. The number of anilines is 3. The summed E-state index contributed by atoms with van der Waals surface area (Å²) in [6.45, 7) is 4.53. The minimum absolute atomic E-state index is 0.0521. The number of nitrogens with zero attached hydrogens (tertiary/aromatic N) is 4. The molecule has 3 atom stereocenters. The van der Waals surface area contributed by atoms with Crippen LogP contribution in [0.15, 0.2) is 89.4 Å². The largest absolute Gasteiger partial charge is 0.394 e. The third kappa shape index (κ3) is 5.93. The topological polar surface area (TPSA) is 117 Å². The number of amides is 3. The second-order valence-corrected chi connectivity index (χ2v) is 14.8. The van der Waals surface area contributed by atoms with Gasteiger partial charge < -0.3 is 30.2 Å². The van der Waals surface area contributed by atoms with Crippen molar-refractivity contribution in [2.45, 2.75) is 62.8 Å². The third-order valence-electron chi connectivity index (χ3n) is 11.0. The van der Waals surface area contributed by atoms with Gasteiger partial charge in [-0.15, -0.1) is 0 Å². The molecule has 0 saturated carbocycles. The van der Waals surface area contributed by atoms with Gasteiger partial charge in [0.25, 0.3) is 11.8 Å². The molecule has 4 aliphatic heterocycles. The number of nitrogens with one attached hydrogen (secondary N) is 1. The first-order chi connectivity index (χ1) is 24.2. The van der Waals surface area contributed by atoms with Gasteiger partial charge in [0, 0.05) is 40.3 Å². The number of aliphatic hydroxyl groups is 2. The minimum Gasteiger partial charge on any atom is -0.394 e. The van der Waals surface area contributed by atoms with Crippen molar-refractivity contribution in [3.8, 4) is 0 Å². The maximum Gasteiger partial charge on any atom is 0.264 e. The summed E-state index contributed by atoms with van der Waals surface area (Å²) in [6.07, 6.45) is 6.67. The summed E-state index contributed by atoms with van der Waals surface area (Å²) in [5, 5.41) is 25.2. The molecule has 0 aromatic heterocycles. The van der Waals surface area contributed by atoms with Crippen molar-refractivity contribution < 1.29 is 24.6 Å². The highest BCUT2D eigenvalue weighted by Gasteiger charge is 2.54. The highest BCUT2D eigenvalue weighted by molar-refractivity contribution is 9.10. The van der Waals surface area contributed by atoms with Crippen molar-refractivity contribution in [1.29, 1.82) is 0 Å². The SMILES string of the molecule is C[C@H](/C=C/CC(=O)N1CCC[C@H]1CO)[C@@]1(O)C(=O)N(Cc2cccc(N3CN(c4ccccc4)C4(CCNCC4)C3=O)c2)c2ccc(Br)cc21. The van der Waals surface area contributed by atoms with Gasteiger partial charge in [-0.05, 0) is 86.8 Å². The Hall–Kier alpha value is -4.03. The fourth-order valence-electron chi connectivity index (χ4n) is 8.23. The molecule has 0 bridgehead atoms. The Kier molecular flexibility index (Phi) is 9.60. The summed E-state index contributed by atoms with van der Waals surface area (Å²) in [4.78, 5) is 48.8. The van der Waals surface area contributed by atoms with E-state index in [1.54, 1.807) is 34.9 Å². The molecule has 3 aromatic carbocycles. The monoisotopic (exact) mass is 741 g/mol. The lowest BCUT2D eigenvalue weighted by Crippen LogP contribution is -2.55. The first-order valence-electron chi connectivity index (χ1n) is 17.5. The maximum absolute atomic E-state index is 14.3. The predicted octanol–water partition coefficient (Wildman–Crippen LogP) is 4.68. The first kappa shape index (κ1) is 34.4. The Labute approximate surface area is 301 Å². The number of benzene rings is 3. The lowest BCUT2D eigenvalue weighted by molar-refractivity contribution is -0.139. The molecule has 3 saturated heterocycles. The number of fused-ring (bicyclic) bond motifs is 1. The van der Waals surface area contributed by atoms with E-state index in [2.05, 4.69) is 38.3 Å². The Morgan fingerprint density at radius 2 is 1.78 bits per heavy atom. The molecule has 3 N–H and O–H groups in total. The molecule has 3 aromatic rings. The summed E-state index contributed by atoms with van der Waals surface area (Å²) in [5.74, 6) is -1.07. The van der Waals surface area contributed by atoms with E-state index in [4.69, 9.17) is 0 Å². The number of piperidine rings is 1. The predicted molar refractivity (Wildman–Crippen MR) is 197 cm³/mol. The van der Waals surface area contributed by atoms with Crippen molar-refractivity contribution in [3.05, 3.63) is 101 Å². The number of rotatable bonds is 9. The van der Waals surface area contributed by atoms with Crippen LogP contribution in [0.1, 0.15) is 50.2 Å². The number of halogens is 1. The van der Waals surface area contributed by atoms with Crippen LogP contribution < -0.4 is 20.0 Å². The number of carbonyl (C=O) groups is 3. The van der Waals surface area contributed by atoms with Crippen molar-refractivity contribution in [2.24, 2.45) is 5.92 Å². The molecule has 0 radical (unpaired) electrons. The fourth-order valence-corrected chi connectivity index (χ4v) is 8.59. The number of hydrogen-bond acceptors (Lipinski definition) is 7. The highest BCUT2D eigenvalue weighted by atomic mass is 79.9. The summed E-state index contributed by atoms with van der Waals surface area (Å²) in [6, 6.07) is 23.2. The van der Waals surface area contributed by atoms with E-state index in [0.717, 1.165) is 47.3 Å². The maximum atomic E-state index is 14.3. The first-order valence-corrected chi connectivity index (χ1v) is 18.3. The lowest BCUT2D eigenvalue weighted by Gasteiger charge is -2.39. The minimum atomic E-state index is -1.85. The summed E-state index contributed by atoms with van der Waals surface area (Å²) < 4.78 is 0.740. The van der Waals surface area contributed by atoms with Crippen molar-refractivity contribution in [3.63, 3.8) is 0 Å². The molecule has 0 unspecified atom stereocenters. The van der Waals surface area contributed by atoms with Gasteiger partial charge in [0.1, 0.15) is 5.54 Å². The summed E-state index contributed by atoms with van der Waals surface area (Å²) in [7, 11) is 0. The van der Waals surface area contributed by atoms with Crippen LogP contribution in [0.2, 0.25) is 0 Å². The number of para-hydroxylation sites is 1. The molecular weight excluding hydrogens is 698 g/mol. The Balaban J connectivity index is 1.13. The lowest BCUT2D eigenvalue weighted by atomic mass is 9.83.